The van der Waals surface area contributed by atoms with Crippen molar-refractivity contribution in [1.82, 2.24) is 9.88 Å². The molecule has 6 heteroatoms. The van der Waals surface area contributed by atoms with Gasteiger partial charge in [-0.3, -0.25) is 9.69 Å². The van der Waals surface area contributed by atoms with Crippen molar-refractivity contribution >= 4 is 22.4 Å². The van der Waals surface area contributed by atoms with E-state index in [0.29, 0.717) is 12.5 Å². The maximum absolute atomic E-state index is 10.6. The molecule has 2 bridgehead atoms. The van der Waals surface area contributed by atoms with Crippen molar-refractivity contribution in [2.45, 2.75) is 44.2 Å². The SMILES string of the molecule is CN1C2CCC1CN(c1nc(CCC(=O)O)cs1)CC2. The molecule has 3 rings (SSSR count). The molecular formula is C14H21N3O2S. The van der Waals surface area contributed by atoms with Crippen molar-refractivity contribution in [2.24, 2.45) is 0 Å². The molecule has 0 aliphatic carbocycles. The lowest BCUT2D eigenvalue weighted by atomic mass is 10.1. The third kappa shape index (κ3) is 2.81. The largest absolute Gasteiger partial charge is 0.481 e. The molecule has 1 N–H and O–H groups in total. The minimum Gasteiger partial charge on any atom is -0.481 e. The predicted octanol–water partition coefficient (Wildman–Crippen LogP) is 1.83. The Labute approximate surface area is 123 Å². The number of aromatic nitrogens is 1. The Morgan fingerprint density at radius 1 is 1.45 bits per heavy atom. The van der Waals surface area contributed by atoms with Crippen LogP contribution in [0, 0.1) is 0 Å². The van der Waals surface area contributed by atoms with Gasteiger partial charge in [0.1, 0.15) is 0 Å². The quantitative estimate of drug-likeness (QED) is 0.918. The van der Waals surface area contributed by atoms with E-state index in [-0.39, 0.29) is 6.42 Å². The zero-order valence-corrected chi connectivity index (χ0v) is 12.6. The number of anilines is 1. The summed E-state index contributed by atoms with van der Waals surface area (Å²) in [5.41, 5.74) is 0.912. The molecule has 0 amide bonds. The van der Waals surface area contributed by atoms with Gasteiger partial charge in [-0.05, 0) is 26.3 Å². The normalized spacial score (nSPS) is 26.8. The summed E-state index contributed by atoms with van der Waals surface area (Å²) in [4.78, 5) is 20.1. The average molecular weight is 295 g/mol. The third-order valence-electron chi connectivity index (χ3n) is 4.55. The summed E-state index contributed by atoms with van der Waals surface area (Å²) in [7, 11) is 2.24. The first-order valence-electron chi connectivity index (χ1n) is 7.26. The molecule has 20 heavy (non-hydrogen) atoms. The van der Waals surface area contributed by atoms with E-state index >= 15 is 0 Å². The highest BCUT2D eigenvalue weighted by Gasteiger charge is 2.35. The highest BCUT2D eigenvalue weighted by atomic mass is 32.1. The van der Waals surface area contributed by atoms with E-state index in [1.807, 2.05) is 5.38 Å². The summed E-state index contributed by atoms with van der Waals surface area (Å²) >= 11 is 1.65. The number of carboxylic acids is 1. The van der Waals surface area contributed by atoms with Gasteiger partial charge in [0.2, 0.25) is 0 Å². The van der Waals surface area contributed by atoms with E-state index in [1.54, 1.807) is 11.3 Å². The fourth-order valence-corrected chi connectivity index (χ4v) is 4.17. The van der Waals surface area contributed by atoms with Crippen LogP contribution in [0.3, 0.4) is 0 Å². The van der Waals surface area contributed by atoms with Crippen LogP contribution >= 0.6 is 11.3 Å². The van der Waals surface area contributed by atoms with E-state index < -0.39 is 5.97 Å². The molecule has 5 nitrogen and oxygen atoms in total. The lowest BCUT2D eigenvalue weighted by Gasteiger charge is -2.25. The van der Waals surface area contributed by atoms with Gasteiger partial charge in [0.05, 0.1) is 12.1 Å². The lowest BCUT2D eigenvalue weighted by Crippen LogP contribution is -2.36. The molecule has 2 atom stereocenters. The van der Waals surface area contributed by atoms with Gasteiger partial charge in [-0.2, -0.15) is 0 Å². The highest BCUT2D eigenvalue weighted by molar-refractivity contribution is 7.13. The standard InChI is InChI=1S/C14H21N3O2S/c1-16-11-3-4-12(16)8-17(7-6-11)14-15-10(9-20-14)2-5-13(18)19/h9,11-12H,2-8H2,1H3,(H,18,19). The van der Waals surface area contributed by atoms with Crippen LogP contribution in [0.15, 0.2) is 5.38 Å². The molecule has 2 unspecified atom stereocenters. The Balaban J connectivity index is 1.65. The number of rotatable bonds is 4. The number of carboxylic acid groups (broad SMARTS) is 1. The monoisotopic (exact) mass is 295 g/mol. The first-order valence-corrected chi connectivity index (χ1v) is 8.14. The maximum atomic E-state index is 10.6. The molecule has 110 valence electrons. The van der Waals surface area contributed by atoms with Crippen LogP contribution in [-0.4, -0.2) is 53.2 Å². The Kier molecular flexibility index (Phi) is 3.94. The van der Waals surface area contributed by atoms with Crippen molar-refractivity contribution in [3.05, 3.63) is 11.1 Å². The molecule has 1 aromatic heterocycles. The second kappa shape index (κ2) is 5.69. The van der Waals surface area contributed by atoms with Gasteiger partial charge < -0.3 is 10.0 Å². The fourth-order valence-electron chi connectivity index (χ4n) is 3.27. The first kappa shape index (κ1) is 13.8. The molecule has 0 spiro atoms. The molecule has 2 aliphatic heterocycles. The van der Waals surface area contributed by atoms with Crippen LogP contribution in [0.5, 0.6) is 0 Å². The predicted molar refractivity (Wildman–Crippen MR) is 79.5 cm³/mol. The topological polar surface area (TPSA) is 56.7 Å². The Morgan fingerprint density at radius 2 is 2.25 bits per heavy atom. The van der Waals surface area contributed by atoms with Crippen molar-refractivity contribution < 1.29 is 9.90 Å². The molecule has 0 radical (unpaired) electrons. The summed E-state index contributed by atoms with van der Waals surface area (Å²) in [6.07, 6.45) is 4.52. The van der Waals surface area contributed by atoms with E-state index in [1.165, 1.54) is 19.3 Å². The van der Waals surface area contributed by atoms with Crippen molar-refractivity contribution in [1.29, 1.82) is 0 Å². The Morgan fingerprint density at radius 3 is 3.05 bits per heavy atom. The number of carbonyl (C=O) groups is 1. The van der Waals surface area contributed by atoms with Gasteiger partial charge in [0, 0.05) is 37.0 Å². The van der Waals surface area contributed by atoms with Crippen molar-refractivity contribution in [3.8, 4) is 0 Å². The zero-order chi connectivity index (χ0) is 14.1. The minimum absolute atomic E-state index is 0.163. The van der Waals surface area contributed by atoms with E-state index in [0.717, 1.165) is 30.0 Å². The molecule has 2 saturated heterocycles. The molecule has 0 saturated carbocycles. The summed E-state index contributed by atoms with van der Waals surface area (Å²) in [5, 5.41) is 11.8. The second-order valence-corrected chi connectivity index (χ2v) is 6.64. The number of aryl methyl sites for hydroxylation is 1. The third-order valence-corrected chi connectivity index (χ3v) is 5.50. The van der Waals surface area contributed by atoms with Crippen LogP contribution in [0.4, 0.5) is 5.13 Å². The van der Waals surface area contributed by atoms with Gasteiger partial charge in [-0.25, -0.2) is 4.98 Å². The maximum Gasteiger partial charge on any atom is 0.303 e. The summed E-state index contributed by atoms with van der Waals surface area (Å²) in [6, 6.07) is 1.38. The van der Waals surface area contributed by atoms with Crippen LogP contribution in [-0.2, 0) is 11.2 Å². The zero-order valence-electron chi connectivity index (χ0n) is 11.8. The van der Waals surface area contributed by atoms with Crippen LogP contribution < -0.4 is 4.90 Å². The molecule has 2 fully saturated rings. The van der Waals surface area contributed by atoms with Gasteiger partial charge >= 0.3 is 5.97 Å². The fraction of sp³-hybridized carbons (Fsp3) is 0.714. The number of thiazole rings is 1. The second-order valence-electron chi connectivity index (χ2n) is 5.80. The number of aliphatic carboxylic acids is 1. The molecule has 0 aromatic carbocycles. The minimum atomic E-state index is -0.756. The summed E-state index contributed by atoms with van der Waals surface area (Å²) < 4.78 is 0. The molecule has 2 aliphatic rings. The number of hydrogen-bond donors (Lipinski definition) is 1. The number of likely N-dealkylation sites (N-methyl/N-ethyl adjacent to an activating group) is 1. The van der Waals surface area contributed by atoms with Crippen LogP contribution in [0.1, 0.15) is 31.4 Å². The number of hydrogen-bond acceptors (Lipinski definition) is 5. The Bertz CT molecular complexity index is 491. The van der Waals surface area contributed by atoms with E-state index in [9.17, 15) is 4.79 Å². The number of fused-ring (bicyclic) bond motifs is 2. The van der Waals surface area contributed by atoms with E-state index in [2.05, 4.69) is 21.8 Å². The smallest absolute Gasteiger partial charge is 0.303 e. The summed E-state index contributed by atoms with van der Waals surface area (Å²) in [6.45, 7) is 2.12. The molecule has 3 heterocycles. The van der Waals surface area contributed by atoms with Gasteiger partial charge in [0.15, 0.2) is 5.13 Å². The van der Waals surface area contributed by atoms with E-state index in [4.69, 9.17) is 5.11 Å². The van der Waals surface area contributed by atoms with Gasteiger partial charge in [-0.1, -0.05) is 0 Å². The van der Waals surface area contributed by atoms with Crippen molar-refractivity contribution in [3.63, 3.8) is 0 Å². The van der Waals surface area contributed by atoms with Gasteiger partial charge in [-0.15, -0.1) is 11.3 Å². The van der Waals surface area contributed by atoms with Gasteiger partial charge in [0.25, 0.3) is 0 Å². The first-order chi connectivity index (χ1) is 9.63. The molecule has 1 aromatic rings. The van der Waals surface area contributed by atoms with Crippen LogP contribution in [0.2, 0.25) is 0 Å². The Hall–Kier alpha value is -1.14. The number of nitrogens with zero attached hydrogens (tertiary/aromatic N) is 3. The molecular weight excluding hydrogens is 274 g/mol. The summed E-state index contributed by atoms with van der Waals surface area (Å²) in [5.74, 6) is -0.756. The van der Waals surface area contributed by atoms with Crippen molar-refractivity contribution in [2.75, 3.05) is 25.0 Å². The van der Waals surface area contributed by atoms with Crippen LogP contribution in [0.25, 0.3) is 0 Å². The highest BCUT2D eigenvalue weighted by Crippen LogP contribution is 2.31. The lowest BCUT2D eigenvalue weighted by molar-refractivity contribution is -0.136. The average Bonchev–Trinajstić information content (AvgIpc) is 2.94.